The number of aryl methyl sites for hydroxylation is 1. The summed E-state index contributed by atoms with van der Waals surface area (Å²) in [5.41, 5.74) is 2.38. The molecule has 0 spiro atoms. The van der Waals surface area contributed by atoms with E-state index in [9.17, 15) is 0 Å². The molecule has 0 atom stereocenters. The molecule has 1 aromatic rings. The van der Waals surface area contributed by atoms with Crippen molar-refractivity contribution in [3.05, 3.63) is 29.3 Å². The summed E-state index contributed by atoms with van der Waals surface area (Å²) in [6.07, 6.45) is 2.09. The highest BCUT2D eigenvalue weighted by Gasteiger charge is 2.01. The van der Waals surface area contributed by atoms with Crippen molar-refractivity contribution in [3.63, 3.8) is 0 Å². The van der Waals surface area contributed by atoms with E-state index in [2.05, 4.69) is 34.9 Å². The van der Waals surface area contributed by atoms with Gasteiger partial charge >= 0.3 is 0 Å². The number of rotatable bonds is 6. The number of nitrogens with one attached hydrogen (secondary N) is 2. The summed E-state index contributed by atoms with van der Waals surface area (Å²) in [5, 5.41) is 6.57. The van der Waals surface area contributed by atoms with E-state index in [1.54, 1.807) is 14.2 Å². The van der Waals surface area contributed by atoms with E-state index in [0.29, 0.717) is 0 Å². The maximum absolute atomic E-state index is 5.27. The van der Waals surface area contributed by atoms with Crippen LogP contribution in [0.2, 0.25) is 0 Å². The molecular formula is C14H24IN3OS. The quantitative estimate of drug-likeness (QED) is 0.328. The van der Waals surface area contributed by atoms with E-state index >= 15 is 0 Å². The van der Waals surface area contributed by atoms with Crippen molar-refractivity contribution < 1.29 is 4.74 Å². The van der Waals surface area contributed by atoms with Crippen LogP contribution in [0.25, 0.3) is 0 Å². The minimum atomic E-state index is 0. The van der Waals surface area contributed by atoms with Crippen molar-refractivity contribution >= 4 is 41.7 Å². The zero-order valence-corrected chi connectivity index (χ0v) is 15.7. The number of aliphatic imine (C=N–C) groups is 1. The lowest BCUT2D eigenvalue weighted by Crippen LogP contribution is -2.37. The lowest BCUT2D eigenvalue weighted by atomic mass is 10.1. The molecule has 0 aliphatic heterocycles. The zero-order chi connectivity index (χ0) is 14.1. The summed E-state index contributed by atoms with van der Waals surface area (Å²) < 4.78 is 5.27. The van der Waals surface area contributed by atoms with Gasteiger partial charge in [0.2, 0.25) is 0 Å². The largest absolute Gasteiger partial charge is 0.497 e. The van der Waals surface area contributed by atoms with E-state index < -0.39 is 0 Å². The Hall–Kier alpha value is -0.630. The lowest BCUT2D eigenvalue weighted by Gasteiger charge is -2.12. The molecule has 0 saturated carbocycles. The van der Waals surface area contributed by atoms with Crippen LogP contribution in [0.1, 0.15) is 11.1 Å². The van der Waals surface area contributed by atoms with E-state index in [0.717, 1.165) is 30.6 Å². The Morgan fingerprint density at radius 1 is 1.30 bits per heavy atom. The van der Waals surface area contributed by atoms with Crippen LogP contribution in [0.5, 0.6) is 5.75 Å². The lowest BCUT2D eigenvalue weighted by molar-refractivity contribution is 0.414. The first-order valence-corrected chi connectivity index (χ1v) is 7.67. The van der Waals surface area contributed by atoms with E-state index in [1.807, 2.05) is 23.9 Å². The SMILES string of the molecule is CN=C(NCCSC)NCc1cc(C)cc(OC)c1.I. The second-order valence-electron chi connectivity index (χ2n) is 4.20. The van der Waals surface area contributed by atoms with E-state index in [4.69, 9.17) is 4.74 Å². The minimum absolute atomic E-state index is 0. The van der Waals surface area contributed by atoms with Crippen molar-refractivity contribution in [1.29, 1.82) is 0 Å². The molecule has 0 aromatic heterocycles. The van der Waals surface area contributed by atoms with E-state index in [-0.39, 0.29) is 24.0 Å². The number of guanidine groups is 1. The summed E-state index contributed by atoms with van der Waals surface area (Å²) >= 11 is 1.81. The molecule has 0 aliphatic carbocycles. The van der Waals surface area contributed by atoms with Gasteiger partial charge in [-0.1, -0.05) is 6.07 Å². The molecule has 0 unspecified atom stereocenters. The van der Waals surface area contributed by atoms with Crippen molar-refractivity contribution in [2.24, 2.45) is 4.99 Å². The van der Waals surface area contributed by atoms with Gasteiger partial charge in [0, 0.05) is 25.9 Å². The van der Waals surface area contributed by atoms with Crippen LogP contribution in [0.4, 0.5) is 0 Å². The van der Waals surface area contributed by atoms with Crippen LogP contribution in [0, 0.1) is 6.92 Å². The highest BCUT2D eigenvalue weighted by molar-refractivity contribution is 14.0. The van der Waals surface area contributed by atoms with Gasteiger partial charge in [-0.3, -0.25) is 4.99 Å². The Kier molecular flexibility index (Phi) is 10.7. The Labute approximate surface area is 143 Å². The molecule has 0 aliphatic rings. The van der Waals surface area contributed by atoms with Gasteiger partial charge in [0.1, 0.15) is 5.75 Å². The Bertz CT molecular complexity index is 427. The summed E-state index contributed by atoms with van der Waals surface area (Å²) in [4.78, 5) is 4.19. The number of hydrogen-bond donors (Lipinski definition) is 2. The smallest absolute Gasteiger partial charge is 0.191 e. The average molecular weight is 409 g/mol. The number of nitrogens with zero attached hydrogens (tertiary/aromatic N) is 1. The van der Waals surface area contributed by atoms with Crippen molar-refractivity contribution in [2.75, 3.05) is 32.7 Å². The molecule has 1 rings (SSSR count). The molecule has 2 N–H and O–H groups in total. The number of ether oxygens (including phenoxy) is 1. The van der Waals surface area contributed by atoms with Gasteiger partial charge in [0.15, 0.2) is 5.96 Å². The third kappa shape index (κ3) is 7.23. The summed E-state index contributed by atoms with van der Waals surface area (Å²) in [6.45, 7) is 3.71. The molecule has 0 bridgehead atoms. The fourth-order valence-electron chi connectivity index (χ4n) is 1.72. The van der Waals surface area contributed by atoms with Crippen LogP contribution < -0.4 is 15.4 Å². The van der Waals surface area contributed by atoms with Gasteiger partial charge in [-0.2, -0.15) is 11.8 Å². The topological polar surface area (TPSA) is 45.7 Å². The molecule has 114 valence electrons. The summed E-state index contributed by atoms with van der Waals surface area (Å²) in [7, 11) is 3.47. The zero-order valence-electron chi connectivity index (χ0n) is 12.5. The van der Waals surface area contributed by atoms with Crippen LogP contribution in [0.3, 0.4) is 0 Å². The number of hydrogen-bond acceptors (Lipinski definition) is 3. The highest BCUT2D eigenvalue weighted by atomic mass is 127. The molecule has 0 radical (unpaired) electrons. The number of halogens is 1. The number of thioether (sulfide) groups is 1. The first kappa shape index (κ1) is 19.4. The molecule has 6 heteroatoms. The fourth-order valence-corrected chi connectivity index (χ4v) is 2.03. The average Bonchev–Trinajstić information content (AvgIpc) is 2.42. The molecule has 4 nitrogen and oxygen atoms in total. The van der Waals surface area contributed by atoms with E-state index in [1.165, 1.54) is 11.1 Å². The second kappa shape index (κ2) is 11.1. The summed E-state index contributed by atoms with van der Waals surface area (Å²) in [6, 6.07) is 6.20. The molecule has 20 heavy (non-hydrogen) atoms. The Balaban J connectivity index is 0.00000361. The maximum atomic E-state index is 5.27. The van der Waals surface area contributed by atoms with Crippen LogP contribution >= 0.6 is 35.7 Å². The van der Waals surface area contributed by atoms with Crippen LogP contribution in [0.15, 0.2) is 23.2 Å². The third-order valence-corrected chi connectivity index (χ3v) is 3.24. The van der Waals surface area contributed by atoms with Gasteiger partial charge in [0.25, 0.3) is 0 Å². The Morgan fingerprint density at radius 2 is 2.05 bits per heavy atom. The van der Waals surface area contributed by atoms with Crippen LogP contribution in [-0.2, 0) is 6.54 Å². The fraction of sp³-hybridized carbons (Fsp3) is 0.500. The van der Waals surface area contributed by atoms with Crippen LogP contribution in [-0.4, -0.2) is 38.7 Å². The normalized spacial score (nSPS) is 10.7. The molecule has 0 heterocycles. The minimum Gasteiger partial charge on any atom is -0.497 e. The molecule has 0 amide bonds. The first-order valence-electron chi connectivity index (χ1n) is 6.27. The number of methoxy groups -OCH3 is 1. The third-order valence-electron chi connectivity index (χ3n) is 2.63. The number of benzene rings is 1. The maximum Gasteiger partial charge on any atom is 0.191 e. The standard InChI is InChI=1S/C14H23N3OS.HI/c1-11-7-12(9-13(8-11)18-3)10-17-14(15-2)16-5-6-19-4;/h7-9H,5-6,10H2,1-4H3,(H2,15,16,17);1H. The first-order chi connectivity index (χ1) is 9.19. The molecular weight excluding hydrogens is 385 g/mol. The monoisotopic (exact) mass is 409 g/mol. The molecule has 1 aromatic carbocycles. The van der Waals surface area contributed by atoms with Gasteiger partial charge in [-0.05, 0) is 36.4 Å². The van der Waals surface area contributed by atoms with Gasteiger partial charge in [-0.15, -0.1) is 24.0 Å². The molecule has 0 fully saturated rings. The van der Waals surface area contributed by atoms with Crippen molar-refractivity contribution in [1.82, 2.24) is 10.6 Å². The van der Waals surface area contributed by atoms with Crippen molar-refractivity contribution in [2.45, 2.75) is 13.5 Å². The molecule has 0 saturated heterocycles. The van der Waals surface area contributed by atoms with Gasteiger partial charge in [0.05, 0.1) is 7.11 Å². The second-order valence-corrected chi connectivity index (χ2v) is 5.19. The predicted molar refractivity (Wildman–Crippen MR) is 99.7 cm³/mol. The van der Waals surface area contributed by atoms with Gasteiger partial charge < -0.3 is 15.4 Å². The highest BCUT2D eigenvalue weighted by Crippen LogP contribution is 2.16. The predicted octanol–water partition coefficient (Wildman–Crippen LogP) is 2.65. The van der Waals surface area contributed by atoms with Crippen molar-refractivity contribution in [3.8, 4) is 5.75 Å². The Morgan fingerprint density at radius 3 is 2.65 bits per heavy atom. The summed E-state index contributed by atoms with van der Waals surface area (Å²) in [5.74, 6) is 2.79. The van der Waals surface area contributed by atoms with Gasteiger partial charge in [-0.25, -0.2) is 0 Å².